The summed E-state index contributed by atoms with van der Waals surface area (Å²) in [5.74, 6) is 1.18. The van der Waals surface area contributed by atoms with Crippen molar-refractivity contribution >= 4 is 21.6 Å². The minimum Gasteiger partial charge on any atom is -0.497 e. The summed E-state index contributed by atoms with van der Waals surface area (Å²) < 4.78 is 31.2. The van der Waals surface area contributed by atoms with Gasteiger partial charge in [-0.15, -0.1) is 0 Å². The molecule has 1 heterocycles. The maximum absolute atomic E-state index is 12.9. The molecule has 1 atom stereocenters. The molecule has 0 spiro atoms. The number of hydrogen-bond acceptors (Lipinski definition) is 4. The van der Waals surface area contributed by atoms with E-state index in [0.717, 1.165) is 24.2 Å². The van der Waals surface area contributed by atoms with Gasteiger partial charge in [0.05, 0.1) is 24.6 Å². The predicted molar refractivity (Wildman–Crippen MR) is 119 cm³/mol. The molecule has 3 rings (SSSR count). The summed E-state index contributed by atoms with van der Waals surface area (Å²) in [6.07, 6.45) is 2.35. The molecule has 1 fully saturated rings. The lowest BCUT2D eigenvalue weighted by molar-refractivity contribution is 0.0932. The first-order valence-corrected chi connectivity index (χ1v) is 12.0. The zero-order chi connectivity index (χ0) is 21.7. The van der Waals surface area contributed by atoms with Crippen LogP contribution < -0.4 is 14.4 Å². The van der Waals surface area contributed by atoms with Crippen LogP contribution in [0.3, 0.4) is 0 Å². The number of nitrogens with one attached hydrogen (secondary N) is 1. The van der Waals surface area contributed by atoms with Gasteiger partial charge in [-0.2, -0.15) is 0 Å². The SMILES string of the molecule is COc1ccc(C(CC(C)C)NC(=O)c2ccc(N3CCCCS3(=O)=O)cc2)cc1. The Morgan fingerprint density at radius 2 is 1.73 bits per heavy atom. The third-order valence-electron chi connectivity index (χ3n) is 5.30. The highest BCUT2D eigenvalue weighted by Crippen LogP contribution is 2.26. The van der Waals surface area contributed by atoms with Gasteiger partial charge in [0.2, 0.25) is 10.0 Å². The Balaban J connectivity index is 1.75. The number of carbonyl (C=O) groups excluding carboxylic acids is 1. The van der Waals surface area contributed by atoms with Gasteiger partial charge in [-0.1, -0.05) is 26.0 Å². The van der Waals surface area contributed by atoms with Gasteiger partial charge >= 0.3 is 0 Å². The van der Waals surface area contributed by atoms with E-state index in [4.69, 9.17) is 4.74 Å². The van der Waals surface area contributed by atoms with Crippen LogP contribution in [0.4, 0.5) is 5.69 Å². The van der Waals surface area contributed by atoms with Crippen LogP contribution in [-0.4, -0.2) is 33.7 Å². The van der Waals surface area contributed by atoms with Gasteiger partial charge in [0.1, 0.15) is 5.75 Å². The van der Waals surface area contributed by atoms with Crippen LogP contribution >= 0.6 is 0 Å². The molecule has 2 aromatic carbocycles. The number of nitrogens with zero attached hydrogens (tertiary/aromatic N) is 1. The van der Waals surface area contributed by atoms with E-state index in [1.54, 1.807) is 31.4 Å². The van der Waals surface area contributed by atoms with E-state index in [9.17, 15) is 13.2 Å². The van der Waals surface area contributed by atoms with Gasteiger partial charge in [-0.25, -0.2) is 8.42 Å². The summed E-state index contributed by atoms with van der Waals surface area (Å²) in [5, 5.41) is 3.12. The van der Waals surface area contributed by atoms with Gasteiger partial charge in [0.15, 0.2) is 0 Å². The first-order chi connectivity index (χ1) is 14.3. The second kappa shape index (κ2) is 9.51. The summed E-state index contributed by atoms with van der Waals surface area (Å²) in [4.78, 5) is 12.9. The summed E-state index contributed by atoms with van der Waals surface area (Å²) >= 11 is 0. The van der Waals surface area contributed by atoms with Crippen LogP contribution in [0.25, 0.3) is 0 Å². The van der Waals surface area contributed by atoms with Crippen LogP contribution in [-0.2, 0) is 10.0 Å². The van der Waals surface area contributed by atoms with Gasteiger partial charge < -0.3 is 10.1 Å². The first-order valence-electron chi connectivity index (χ1n) is 10.4. The lowest BCUT2D eigenvalue weighted by atomic mass is 9.96. The molecule has 0 saturated carbocycles. The van der Waals surface area contributed by atoms with Gasteiger partial charge in [-0.3, -0.25) is 9.10 Å². The molecule has 1 saturated heterocycles. The Hall–Kier alpha value is -2.54. The van der Waals surface area contributed by atoms with Gasteiger partial charge in [0, 0.05) is 12.1 Å². The number of carbonyl (C=O) groups is 1. The number of anilines is 1. The largest absolute Gasteiger partial charge is 0.497 e. The maximum atomic E-state index is 12.9. The van der Waals surface area contributed by atoms with E-state index in [-0.39, 0.29) is 17.7 Å². The summed E-state index contributed by atoms with van der Waals surface area (Å²) in [7, 11) is -1.64. The molecule has 162 valence electrons. The molecule has 1 aliphatic heterocycles. The Morgan fingerprint density at radius 1 is 1.07 bits per heavy atom. The zero-order valence-corrected chi connectivity index (χ0v) is 18.6. The van der Waals surface area contributed by atoms with Gasteiger partial charge in [0.25, 0.3) is 5.91 Å². The quantitative estimate of drug-likeness (QED) is 0.716. The standard InChI is InChI=1S/C23H30N2O4S/c1-17(2)16-22(18-8-12-21(29-3)13-9-18)24-23(26)19-6-10-20(11-7-19)25-14-4-5-15-30(25,27)28/h6-13,17,22H,4-5,14-16H2,1-3H3,(H,24,26). The Bertz CT molecular complexity index is 954. The molecule has 2 aromatic rings. The fourth-order valence-electron chi connectivity index (χ4n) is 3.69. The molecule has 30 heavy (non-hydrogen) atoms. The molecule has 7 heteroatoms. The van der Waals surface area contributed by atoms with E-state index >= 15 is 0 Å². The monoisotopic (exact) mass is 430 g/mol. The van der Waals surface area contributed by atoms with E-state index in [2.05, 4.69) is 19.2 Å². The number of hydrogen-bond donors (Lipinski definition) is 1. The molecule has 1 unspecified atom stereocenters. The fraction of sp³-hybridized carbons (Fsp3) is 0.435. The van der Waals surface area contributed by atoms with Crippen molar-refractivity contribution in [2.24, 2.45) is 5.92 Å². The van der Waals surface area contributed by atoms with Crippen molar-refractivity contribution in [3.05, 3.63) is 59.7 Å². The minimum absolute atomic E-state index is 0.120. The summed E-state index contributed by atoms with van der Waals surface area (Å²) in [6.45, 7) is 4.73. The molecular weight excluding hydrogens is 400 g/mol. The summed E-state index contributed by atoms with van der Waals surface area (Å²) in [5.41, 5.74) is 2.14. The second-order valence-corrected chi connectivity index (χ2v) is 10.1. The fourth-order valence-corrected chi connectivity index (χ4v) is 5.32. The van der Waals surface area contributed by atoms with E-state index in [1.807, 2.05) is 24.3 Å². The smallest absolute Gasteiger partial charge is 0.251 e. The lowest BCUT2D eigenvalue weighted by Gasteiger charge is -2.28. The number of sulfonamides is 1. The van der Waals surface area contributed by atoms with Crippen LogP contribution in [0.5, 0.6) is 5.75 Å². The average molecular weight is 431 g/mol. The minimum atomic E-state index is -3.26. The van der Waals surface area contributed by atoms with Crippen molar-refractivity contribution in [1.29, 1.82) is 0 Å². The lowest BCUT2D eigenvalue weighted by Crippen LogP contribution is -2.37. The van der Waals surface area contributed by atoms with Crippen LogP contribution in [0.2, 0.25) is 0 Å². The zero-order valence-electron chi connectivity index (χ0n) is 17.8. The molecule has 6 nitrogen and oxygen atoms in total. The molecular formula is C23H30N2O4S. The number of ether oxygens (including phenoxy) is 1. The number of methoxy groups -OCH3 is 1. The van der Waals surface area contributed by atoms with Crippen molar-refractivity contribution in [3.63, 3.8) is 0 Å². The van der Waals surface area contributed by atoms with E-state index in [0.29, 0.717) is 30.1 Å². The second-order valence-electron chi connectivity index (χ2n) is 8.07. The highest BCUT2D eigenvalue weighted by molar-refractivity contribution is 7.92. The summed E-state index contributed by atoms with van der Waals surface area (Å²) in [6, 6.07) is 14.4. The highest BCUT2D eigenvalue weighted by Gasteiger charge is 2.26. The molecule has 1 N–H and O–H groups in total. The van der Waals surface area contributed by atoms with E-state index < -0.39 is 10.0 Å². The first kappa shape index (κ1) is 22.2. The van der Waals surface area contributed by atoms with Crippen LogP contribution in [0.1, 0.15) is 55.1 Å². The van der Waals surface area contributed by atoms with Crippen molar-refractivity contribution in [2.45, 2.75) is 39.2 Å². The van der Waals surface area contributed by atoms with E-state index in [1.165, 1.54) is 4.31 Å². The van der Waals surface area contributed by atoms with Crippen molar-refractivity contribution in [2.75, 3.05) is 23.7 Å². The molecule has 0 radical (unpaired) electrons. The molecule has 0 aromatic heterocycles. The number of benzene rings is 2. The normalized spacial score (nSPS) is 16.9. The highest BCUT2D eigenvalue weighted by atomic mass is 32.2. The Kier molecular flexibility index (Phi) is 7.02. The topological polar surface area (TPSA) is 75.7 Å². The number of amides is 1. The molecule has 0 aliphatic carbocycles. The third-order valence-corrected chi connectivity index (χ3v) is 7.17. The van der Waals surface area contributed by atoms with Gasteiger partial charge in [-0.05, 0) is 67.1 Å². The van der Waals surface area contributed by atoms with Crippen LogP contribution in [0.15, 0.2) is 48.5 Å². The molecule has 1 aliphatic rings. The number of rotatable bonds is 7. The third kappa shape index (κ3) is 5.33. The maximum Gasteiger partial charge on any atom is 0.251 e. The Labute approximate surface area is 179 Å². The van der Waals surface area contributed by atoms with Crippen molar-refractivity contribution < 1.29 is 17.9 Å². The average Bonchev–Trinajstić information content (AvgIpc) is 2.73. The van der Waals surface area contributed by atoms with Crippen molar-refractivity contribution in [3.8, 4) is 5.75 Å². The molecule has 0 bridgehead atoms. The van der Waals surface area contributed by atoms with Crippen LogP contribution in [0, 0.1) is 5.92 Å². The predicted octanol–water partition coefficient (Wildman–Crippen LogP) is 4.14. The van der Waals surface area contributed by atoms with Crippen molar-refractivity contribution in [1.82, 2.24) is 5.32 Å². The molecule has 1 amide bonds. The Morgan fingerprint density at radius 3 is 2.30 bits per heavy atom.